The molecule has 11 nitrogen and oxygen atoms in total. The van der Waals surface area contributed by atoms with Crippen molar-refractivity contribution >= 4 is 28.8 Å². The van der Waals surface area contributed by atoms with Gasteiger partial charge in [-0.05, 0) is 79.9 Å². The van der Waals surface area contributed by atoms with Crippen molar-refractivity contribution < 1.29 is 19.1 Å². The zero-order valence-electron chi connectivity index (χ0n) is 26.5. The van der Waals surface area contributed by atoms with Crippen molar-refractivity contribution in [1.82, 2.24) is 29.3 Å². The molecule has 0 saturated carbocycles. The van der Waals surface area contributed by atoms with E-state index in [0.717, 1.165) is 76.5 Å². The van der Waals surface area contributed by atoms with E-state index >= 15 is 0 Å². The molecule has 7 rings (SSSR count). The van der Waals surface area contributed by atoms with Crippen molar-refractivity contribution in [2.24, 2.45) is 13.0 Å². The van der Waals surface area contributed by atoms with Gasteiger partial charge in [0, 0.05) is 62.8 Å². The maximum Gasteiger partial charge on any atom is 0.307 e. The number of fused-ring (bicyclic) bond motifs is 2. The van der Waals surface area contributed by atoms with Crippen LogP contribution in [0, 0.1) is 19.8 Å². The van der Waals surface area contributed by atoms with Crippen LogP contribution >= 0.6 is 0 Å². The number of hydrogen-bond donors (Lipinski definition) is 2. The summed E-state index contributed by atoms with van der Waals surface area (Å²) in [5.41, 5.74) is 9.72. The van der Waals surface area contributed by atoms with Gasteiger partial charge in [-0.1, -0.05) is 24.3 Å². The summed E-state index contributed by atoms with van der Waals surface area (Å²) in [6.07, 6.45) is 3.31. The van der Waals surface area contributed by atoms with Gasteiger partial charge in [-0.2, -0.15) is 0 Å². The van der Waals surface area contributed by atoms with Gasteiger partial charge in [0.1, 0.15) is 5.52 Å². The summed E-state index contributed by atoms with van der Waals surface area (Å²) < 4.78 is 8.04. The van der Waals surface area contributed by atoms with Gasteiger partial charge < -0.3 is 24.3 Å². The molecule has 0 spiro atoms. The molecular weight excluding hydrogens is 582 g/mol. The lowest BCUT2D eigenvalue weighted by Crippen LogP contribution is -2.27. The first-order valence-corrected chi connectivity index (χ1v) is 15.6. The fourth-order valence-electron chi connectivity index (χ4n) is 6.76. The van der Waals surface area contributed by atoms with E-state index in [1.807, 2.05) is 55.8 Å². The zero-order valence-corrected chi connectivity index (χ0v) is 26.5. The predicted molar refractivity (Wildman–Crippen MR) is 174 cm³/mol. The Kier molecular flexibility index (Phi) is 7.66. The van der Waals surface area contributed by atoms with Crippen LogP contribution in [0.2, 0.25) is 0 Å². The number of carbonyl (C=O) groups excluding carboxylic acids is 1. The van der Waals surface area contributed by atoms with Gasteiger partial charge in [-0.15, -0.1) is 0 Å². The number of benzene rings is 2. The lowest BCUT2D eigenvalue weighted by molar-refractivity contribution is -0.141. The van der Waals surface area contributed by atoms with Gasteiger partial charge in [0.25, 0.3) is 5.91 Å². The van der Waals surface area contributed by atoms with Crippen LogP contribution in [0.1, 0.15) is 45.1 Å². The number of likely N-dealkylation sites (N-methyl/N-ethyl adjacent to an activating group) is 1. The van der Waals surface area contributed by atoms with E-state index in [9.17, 15) is 14.7 Å². The molecule has 46 heavy (non-hydrogen) atoms. The first-order valence-electron chi connectivity index (χ1n) is 15.6. The largest absolute Gasteiger partial charge is 0.481 e. The number of anilines is 1. The topological polar surface area (TPSA) is 130 Å². The van der Waals surface area contributed by atoms with Gasteiger partial charge in [0.2, 0.25) is 11.6 Å². The fraction of sp³-hybridized carbons (Fsp3) is 0.343. The molecule has 2 aliphatic heterocycles. The maximum absolute atomic E-state index is 13.4. The average molecular weight is 620 g/mol. The third kappa shape index (κ3) is 5.45. The van der Waals surface area contributed by atoms with Crippen LogP contribution in [-0.2, 0) is 31.4 Å². The molecule has 11 heteroatoms. The lowest BCUT2D eigenvalue weighted by Gasteiger charge is -2.21. The molecule has 0 unspecified atom stereocenters. The molecule has 1 atom stereocenters. The number of amides is 1. The second-order valence-corrected chi connectivity index (χ2v) is 12.5. The van der Waals surface area contributed by atoms with E-state index in [4.69, 9.17) is 9.40 Å². The van der Waals surface area contributed by atoms with Crippen molar-refractivity contribution in [3.05, 3.63) is 82.6 Å². The van der Waals surface area contributed by atoms with Gasteiger partial charge in [0.05, 0.1) is 11.6 Å². The smallest absolute Gasteiger partial charge is 0.307 e. The number of oxazole rings is 1. The van der Waals surface area contributed by atoms with Crippen molar-refractivity contribution in [3.63, 3.8) is 0 Å². The highest BCUT2D eigenvalue weighted by Crippen LogP contribution is 2.36. The molecule has 0 bridgehead atoms. The molecule has 2 aromatic carbocycles. The minimum atomic E-state index is -0.739. The van der Waals surface area contributed by atoms with E-state index in [1.54, 1.807) is 6.20 Å². The number of carboxylic acid groups (broad SMARTS) is 1. The monoisotopic (exact) mass is 619 g/mol. The Morgan fingerprint density at radius 1 is 1.02 bits per heavy atom. The number of aromatic nitrogens is 4. The highest BCUT2D eigenvalue weighted by molar-refractivity contribution is 6.03. The minimum absolute atomic E-state index is 0.227. The van der Waals surface area contributed by atoms with Crippen LogP contribution in [0.4, 0.5) is 5.69 Å². The van der Waals surface area contributed by atoms with Gasteiger partial charge >= 0.3 is 5.97 Å². The first-order chi connectivity index (χ1) is 22.2. The number of pyridine rings is 1. The van der Waals surface area contributed by atoms with E-state index in [2.05, 4.69) is 44.3 Å². The van der Waals surface area contributed by atoms with Crippen molar-refractivity contribution in [3.8, 4) is 22.6 Å². The van der Waals surface area contributed by atoms with Gasteiger partial charge in [0.15, 0.2) is 5.82 Å². The Morgan fingerprint density at radius 3 is 2.57 bits per heavy atom. The van der Waals surface area contributed by atoms with Crippen LogP contribution in [0.25, 0.3) is 33.8 Å². The summed E-state index contributed by atoms with van der Waals surface area (Å²) in [7, 11) is 3.98. The zero-order chi connectivity index (χ0) is 32.1. The van der Waals surface area contributed by atoms with Crippen molar-refractivity contribution in [1.29, 1.82) is 0 Å². The van der Waals surface area contributed by atoms with Crippen LogP contribution < -0.4 is 5.32 Å². The van der Waals surface area contributed by atoms with Crippen LogP contribution in [0.15, 0.2) is 53.1 Å². The molecule has 2 aliphatic rings. The van der Waals surface area contributed by atoms with E-state index in [0.29, 0.717) is 42.5 Å². The number of imidazole rings is 1. The molecule has 0 radical (unpaired) electrons. The molecule has 3 aromatic heterocycles. The molecular formula is C35H37N7O4. The average Bonchev–Trinajstić information content (AvgIpc) is 3.76. The number of nitrogens with one attached hydrogen (secondary N) is 1. The second-order valence-electron chi connectivity index (χ2n) is 12.5. The molecule has 1 amide bonds. The second kappa shape index (κ2) is 11.8. The summed E-state index contributed by atoms with van der Waals surface area (Å²) in [6, 6.07) is 13.9. The third-order valence-electron chi connectivity index (χ3n) is 9.42. The third-order valence-corrected chi connectivity index (χ3v) is 9.42. The molecule has 236 valence electrons. The molecule has 0 aliphatic carbocycles. The summed E-state index contributed by atoms with van der Waals surface area (Å²) in [6.45, 7) is 7.66. The molecule has 5 aromatic rings. The Labute approximate surface area is 266 Å². The summed E-state index contributed by atoms with van der Waals surface area (Å²) >= 11 is 0. The molecule has 2 N–H and O–H groups in total. The van der Waals surface area contributed by atoms with E-state index in [1.165, 1.54) is 0 Å². The lowest BCUT2D eigenvalue weighted by atomic mass is 9.93. The highest BCUT2D eigenvalue weighted by atomic mass is 16.4. The van der Waals surface area contributed by atoms with Crippen LogP contribution in [0.3, 0.4) is 0 Å². The normalized spacial score (nSPS) is 17.0. The van der Waals surface area contributed by atoms with Gasteiger partial charge in [-0.3, -0.25) is 14.5 Å². The Balaban J connectivity index is 1.14. The van der Waals surface area contributed by atoms with Crippen LogP contribution in [0.5, 0.6) is 0 Å². The summed E-state index contributed by atoms with van der Waals surface area (Å²) in [5, 5.41) is 12.4. The quantitative estimate of drug-likeness (QED) is 0.257. The fourth-order valence-corrected chi connectivity index (χ4v) is 6.76. The number of rotatable bonds is 7. The van der Waals surface area contributed by atoms with Gasteiger partial charge in [-0.25, -0.2) is 15.0 Å². The standard InChI is InChI=1S/C35H37N7O4/c1-20-24(25-8-6-10-27(21(25)2)38-32(43)31-37-29-19-40(3)13-12-30(29)41(31)4)7-5-9-26(20)33-39-28-15-22(16-36-34(28)46-33)17-42-14-11-23(18-42)35(44)45/h5-10,15-16,23H,11-14,17-19H2,1-4H3,(H,38,43)(H,44,45)/t23-/m1/s1. The molecule has 1 fully saturated rings. The first kappa shape index (κ1) is 29.8. The van der Waals surface area contributed by atoms with Crippen molar-refractivity contribution in [2.75, 3.05) is 32.0 Å². The number of hydrogen-bond acceptors (Lipinski definition) is 8. The molecule has 1 saturated heterocycles. The predicted octanol–water partition coefficient (Wildman–Crippen LogP) is 5.05. The summed E-state index contributed by atoms with van der Waals surface area (Å²) in [5.74, 6) is -0.384. The number of carboxylic acids is 1. The van der Waals surface area contributed by atoms with Crippen LogP contribution in [-0.4, -0.2) is 73.0 Å². The SMILES string of the molecule is Cc1c(NC(=O)c2nc3c(n2C)CCN(C)C3)cccc1-c1cccc(-c2nc3cc(CN4CC[C@@H](C(=O)O)C4)cnc3o2)c1C. The highest BCUT2D eigenvalue weighted by Gasteiger charge is 2.28. The number of carbonyl (C=O) groups is 2. The number of nitrogens with zero attached hydrogens (tertiary/aromatic N) is 6. The number of likely N-dealkylation sites (tertiary alicyclic amines) is 1. The number of aliphatic carboxylic acids is 1. The summed E-state index contributed by atoms with van der Waals surface area (Å²) in [4.78, 5) is 43.1. The van der Waals surface area contributed by atoms with Crippen molar-refractivity contribution in [2.45, 2.75) is 39.8 Å². The van der Waals surface area contributed by atoms with E-state index in [-0.39, 0.29) is 11.8 Å². The Hall–Kier alpha value is -4.87. The molecule has 5 heterocycles. The Bertz CT molecular complexity index is 1990. The maximum atomic E-state index is 13.4. The Morgan fingerprint density at radius 2 is 1.78 bits per heavy atom. The minimum Gasteiger partial charge on any atom is -0.481 e. The van der Waals surface area contributed by atoms with E-state index < -0.39 is 5.97 Å².